The number of hydrogen-bond acceptors (Lipinski definition) is 3. The molecule has 0 atom stereocenters. The van der Waals surface area contributed by atoms with Gasteiger partial charge in [-0.05, 0) is 24.3 Å². The molecule has 90 valence electrons. The van der Waals surface area contributed by atoms with Gasteiger partial charge in [-0.1, -0.05) is 23.2 Å². The molecule has 2 rings (SSSR count). The van der Waals surface area contributed by atoms with E-state index in [1.165, 1.54) is 0 Å². The van der Waals surface area contributed by atoms with E-state index in [1.54, 1.807) is 37.6 Å². The molecule has 0 unspecified atom stereocenters. The summed E-state index contributed by atoms with van der Waals surface area (Å²) in [6, 6.07) is 8.90. The average Bonchev–Trinajstić information content (AvgIpc) is 2.39. The molecular formula is C13H8Cl2N2O. The predicted octanol–water partition coefficient (Wildman–Crippen LogP) is 3.94. The SMILES string of the molecule is COc1ccc(Cl)cc1-c1cnc(Cl)c(C#N)c1. The van der Waals surface area contributed by atoms with Crippen LogP contribution in [0, 0.1) is 11.3 Å². The van der Waals surface area contributed by atoms with Crippen LogP contribution < -0.4 is 4.74 Å². The summed E-state index contributed by atoms with van der Waals surface area (Å²) in [5.41, 5.74) is 1.82. The van der Waals surface area contributed by atoms with Crippen LogP contribution >= 0.6 is 23.2 Å². The Hall–Kier alpha value is -1.76. The van der Waals surface area contributed by atoms with E-state index in [2.05, 4.69) is 4.98 Å². The van der Waals surface area contributed by atoms with Gasteiger partial charge >= 0.3 is 0 Å². The standard InChI is InChI=1S/C13H8Cl2N2O/c1-18-12-3-2-10(14)5-11(12)9-4-8(6-16)13(15)17-7-9/h2-5,7H,1H3. The number of benzene rings is 1. The van der Waals surface area contributed by atoms with E-state index in [4.69, 9.17) is 33.2 Å². The summed E-state index contributed by atoms with van der Waals surface area (Å²) in [4.78, 5) is 3.98. The number of nitrogens with zero attached hydrogens (tertiary/aromatic N) is 2. The van der Waals surface area contributed by atoms with Gasteiger partial charge in [-0.3, -0.25) is 0 Å². The monoisotopic (exact) mass is 278 g/mol. The number of nitriles is 1. The molecule has 0 saturated heterocycles. The number of aromatic nitrogens is 1. The Bertz CT molecular complexity index is 635. The molecule has 0 fully saturated rings. The highest BCUT2D eigenvalue weighted by Gasteiger charge is 2.10. The quantitative estimate of drug-likeness (QED) is 0.782. The highest BCUT2D eigenvalue weighted by Crippen LogP contribution is 2.33. The fourth-order valence-corrected chi connectivity index (χ4v) is 1.90. The van der Waals surface area contributed by atoms with E-state index in [-0.39, 0.29) is 5.15 Å². The highest BCUT2D eigenvalue weighted by molar-refractivity contribution is 6.31. The first-order valence-corrected chi connectivity index (χ1v) is 5.81. The molecular weight excluding hydrogens is 271 g/mol. The molecule has 0 radical (unpaired) electrons. The molecule has 0 spiro atoms. The average molecular weight is 279 g/mol. The van der Waals surface area contributed by atoms with E-state index < -0.39 is 0 Å². The third-order valence-electron chi connectivity index (χ3n) is 2.43. The van der Waals surface area contributed by atoms with Crippen molar-refractivity contribution in [3.63, 3.8) is 0 Å². The minimum Gasteiger partial charge on any atom is -0.496 e. The minimum absolute atomic E-state index is 0.183. The van der Waals surface area contributed by atoms with Crippen LogP contribution in [0.4, 0.5) is 0 Å². The number of halogens is 2. The van der Waals surface area contributed by atoms with Crippen LogP contribution in [0.25, 0.3) is 11.1 Å². The number of ether oxygens (including phenoxy) is 1. The van der Waals surface area contributed by atoms with E-state index in [0.717, 1.165) is 11.1 Å². The van der Waals surface area contributed by atoms with Crippen molar-refractivity contribution in [1.82, 2.24) is 4.98 Å². The van der Waals surface area contributed by atoms with Crippen molar-refractivity contribution in [2.24, 2.45) is 0 Å². The van der Waals surface area contributed by atoms with Crippen molar-refractivity contribution in [3.05, 3.63) is 46.2 Å². The summed E-state index contributed by atoms with van der Waals surface area (Å²) in [6.45, 7) is 0. The third kappa shape index (κ3) is 2.40. The van der Waals surface area contributed by atoms with Crippen LogP contribution in [-0.2, 0) is 0 Å². The van der Waals surface area contributed by atoms with Gasteiger partial charge in [0.2, 0.25) is 0 Å². The first kappa shape index (κ1) is 12.7. The summed E-state index contributed by atoms with van der Waals surface area (Å²) in [7, 11) is 1.57. The maximum absolute atomic E-state index is 8.94. The molecule has 0 amide bonds. The second-order valence-corrected chi connectivity index (χ2v) is 4.31. The molecule has 18 heavy (non-hydrogen) atoms. The molecule has 5 heteroatoms. The Morgan fingerprint density at radius 3 is 2.72 bits per heavy atom. The van der Waals surface area contributed by atoms with Crippen LogP contribution in [0.1, 0.15) is 5.56 Å². The summed E-state index contributed by atoms with van der Waals surface area (Å²) in [5.74, 6) is 0.660. The van der Waals surface area contributed by atoms with Gasteiger partial charge in [-0.15, -0.1) is 0 Å². The molecule has 1 aromatic heterocycles. The zero-order valence-corrected chi connectivity index (χ0v) is 11.0. The van der Waals surface area contributed by atoms with E-state index in [0.29, 0.717) is 16.3 Å². The lowest BCUT2D eigenvalue weighted by molar-refractivity contribution is 0.416. The second kappa shape index (κ2) is 5.26. The Morgan fingerprint density at radius 2 is 2.06 bits per heavy atom. The van der Waals surface area contributed by atoms with Gasteiger partial charge in [-0.25, -0.2) is 4.98 Å². The smallest absolute Gasteiger partial charge is 0.146 e. The number of hydrogen-bond donors (Lipinski definition) is 0. The normalized spacial score (nSPS) is 9.89. The number of methoxy groups -OCH3 is 1. The van der Waals surface area contributed by atoms with Crippen molar-refractivity contribution in [3.8, 4) is 22.9 Å². The Labute approximate surface area is 115 Å². The Morgan fingerprint density at radius 1 is 1.28 bits per heavy atom. The van der Waals surface area contributed by atoms with Crippen molar-refractivity contribution in [2.45, 2.75) is 0 Å². The highest BCUT2D eigenvalue weighted by atomic mass is 35.5. The Balaban J connectivity index is 2.62. The van der Waals surface area contributed by atoms with Crippen LogP contribution in [0.3, 0.4) is 0 Å². The van der Waals surface area contributed by atoms with Crippen molar-refractivity contribution in [2.75, 3.05) is 7.11 Å². The summed E-state index contributed by atoms with van der Waals surface area (Å²) >= 11 is 11.8. The van der Waals surface area contributed by atoms with Gasteiger partial charge < -0.3 is 4.74 Å². The summed E-state index contributed by atoms with van der Waals surface area (Å²) in [6.07, 6.45) is 1.58. The molecule has 0 aliphatic heterocycles. The van der Waals surface area contributed by atoms with Crippen molar-refractivity contribution >= 4 is 23.2 Å². The molecule has 3 nitrogen and oxygen atoms in total. The van der Waals surface area contributed by atoms with Gasteiger partial charge in [0, 0.05) is 22.3 Å². The zero-order chi connectivity index (χ0) is 13.1. The molecule has 0 aliphatic rings. The first-order chi connectivity index (χ1) is 8.65. The fraction of sp³-hybridized carbons (Fsp3) is 0.0769. The summed E-state index contributed by atoms with van der Waals surface area (Å²) < 4.78 is 5.26. The number of pyridine rings is 1. The Kier molecular flexibility index (Phi) is 3.71. The van der Waals surface area contributed by atoms with Gasteiger partial charge in [0.05, 0.1) is 12.7 Å². The van der Waals surface area contributed by atoms with Crippen LogP contribution in [0.15, 0.2) is 30.5 Å². The third-order valence-corrected chi connectivity index (χ3v) is 2.97. The molecule has 0 bridgehead atoms. The molecule has 0 N–H and O–H groups in total. The van der Waals surface area contributed by atoms with Crippen LogP contribution in [-0.4, -0.2) is 12.1 Å². The molecule has 0 saturated carbocycles. The summed E-state index contributed by atoms with van der Waals surface area (Å²) in [5, 5.41) is 9.70. The van der Waals surface area contributed by atoms with E-state index in [1.807, 2.05) is 6.07 Å². The van der Waals surface area contributed by atoms with Gasteiger partial charge in [0.15, 0.2) is 0 Å². The number of rotatable bonds is 2. The predicted molar refractivity (Wildman–Crippen MR) is 71.0 cm³/mol. The van der Waals surface area contributed by atoms with Gasteiger partial charge in [0.1, 0.15) is 17.0 Å². The zero-order valence-electron chi connectivity index (χ0n) is 9.45. The minimum atomic E-state index is 0.183. The lowest BCUT2D eigenvalue weighted by Crippen LogP contribution is -1.90. The van der Waals surface area contributed by atoms with Crippen LogP contribution in [0.5, 0.6) is 5.75 Å². The molecule has 2 aromatic rings. The molecule has 1 aromatic carbocycles. The van der Waals surface area contributed by atoms with E-state index in [9.17, 15) is 0 Å². The molecule has 1 heterocycles. The lowest BCUT2D eigenvalue weighted by Gasteiger charge is -2.09. The van der Waals surface area contributed by atoms with Gasteiger partial charge in [0.25, 0.3) is 0 Å². The maximum atomic E-state index is 8.94. The lowest BCUT2D eigenvalue weighted by atomic mass is 10.1. The maximum Gasteiger partial charge on any atom is 0.146 e. The fourth-order valence-electron chi connectivity index (χ4n) is 1.58. The van der Waals surface area contributed by atoms with E-state index >= 15 is 0 Å². The van der Waals surface area contributed by atoms with Crippen molar-refractivity contribution in [1.29, 1.82) is 5.26 Å². The molecule has 0 aliphatic carbocycles. The topological polar surface area (TPSA) is 45.9 Å². The van der Waals surface area contributed by atoms with Crippen molar-refractivity contribution < 1.29 is 4.74 Å². The first-order valence-electron chi connectivity index (χ1n) is 5.05. The van der Waals surface area contributed by atoms with Crippen LogP contribution in [0.2, 0.25) is 10.2 Å². The van der Waals surface area contributed by atoms with Gasteiger partial charge in [-0.2, -0.15) is 5.26 Å². The largest absolute Gasteiger partial charge is 0.496 e. The second-order valence-electron chi connectivity index (χ2n) is 3.52.